The number of rotatable bonds is 3. The van der Waals surface area contributed by atoms with Crippen molar-refractivity contribution in [1.29, 1.82) is 0 Å². The van der Waals surface area contributed by atoms with Crippen LogP contribution in [0.5, 0.6) is 0 Å². The van der Waals surface area contributed by atoms with Crippen molar-refractivity contribution in [3.05, 3.63) is 68.2 Å². The van der Waals surface area contributed by atoms with Crippen LogP contribution in [0.1, 0.15) is 28.8 Å². The molecule has 8 heteroatoms. The van der Waals surface area contributed by atoms with E-state index >= 15 is 0 Å². The lowest BCUT2D eigenvalue weighted by atomic mass is 9.94. The lowest BCUT2D eigenvalue weighted by Gasteiger charge is -2.33. The molecular formula is C21H20BrN3O4. The van der Waals surface area contributed by atoms with Crippen LogP contribution in [0.4, 0.5) is 11.4 Å². The number of halogens is 1. The highest BCUT2D eigenvalue weighted by Crippen LogP contribution is 2.34. The summed E-state index contributed by atoms with van der Waals surface area (Å²) in [6.45, 7) is 1.61. The number of nitro benzene ring substituents is 1. The minimum atomic E-state index is -0.437. The van der Waals surface area contributed by atoms with E-state index in [1.807, 2.05) is 12.1 Å². The summed E-state index contributed by atoms with van der Waals surface area (Å²) < 4.78 is 0.921. The van der Waals surface area contributed by atoms with Crippen molar-refractivity contribution < 1.29 is 14.5 Å². The molecule has 0 radical (unpaired) electrons. The molecule has 7 nitrogen and oxygen atoms in total. The highest BCUT2D eigenvalue weighted by Gasteiger charge is 2.34. The van der Waals surface area contributed by atoms with E-state index in [0.29, 0.717) is 50.1 Å². The van der Waals surface area contributed by atoms with E-state index in [4.69, 9.17) is 0 Å². The van der Waals surface area contributed by atoms with Crippen LogP contribution in [0.15, 0.2) is 46.9 Å². The second-order valence-electron chi connectivity index (χ2n) is 7.38. The maximum atomic E-state index is 13.1. The fourth-order valence-electron chi connectivity index (χ4n) is 4.04. The lowest BCUT2D eigenvalue weighted by Crippen LogP contribution is -2.44. The Kier molecular flexibility index (Phi) is 5.36. The van der Waals surface area contributed by atoms with E-state index in [0.717, 1.165) is 10.0 Å². The van der Waals surface area contributed by atoms with Gasteiger partial charge in [0.05, 0.1) is 10.6 Å². The van der Waals surface area contributed by atoms with Gasteiger partial charge in [0.25, 0.3) is 11.6 Å². The van der Waals surface area contributed by atoms with Gasteiger partial charge in [-0.15, -0.1) is 0 Å². The van der Waals surface area contributed by atoms with E-state index in [1.165, 1.54) is 12.1 Å². The summed E-state index contributed by atoms with van der Waals surface area (Å²) in [5, 5.41) is 11.1. The summed E-state index contributed by atoms with van der Waals surface area (Å²) in [5.74, 6) is -0.195. The van der Waals surface area contributed by atoms with Crippen molar-refractivity contribution in [3.63, 3.8) is 0 Å². The Hall–Kier alpha value is -2.74. The molecular weight excluding hydrogens is 438 g/mol. The first kappa shape index (κ1) is 19.6. The van der Waals surface area contributed by atoms with Crippen molar-refractivity contribution in [2.75, 3.05) is 24.5 Å². The molecule has 29 heavy (non-hydrogen) atoms. The fraction of sp³-hybridized carbons (Fsp3) is 0.333. The van der Waals surface area contributed by atoms with Crippen LogP contribution in [-0.4, -0.2) is 41.3 Å². The maximum Gasteiger partial charge on any atom is 0.271 e. The molecule has 0 atom stereocenters. The second kappa shape index (κ2) is 7.94. The Morgan fingerprint density at radius 2 is 1.72 bits per heavy atom. The minimum absolute atomic E-state index is 0.0000105. The number of nitro groups is 1. The molecule has 0 saturated carbocycles. The number of hydrogen-bond donors (Lipinski definition) is 0. The van der Waals surface area contributed by atoms with Crippen LogP contribution in [0.25, 0.3) is 0 Å². The van der Waals surface area contributed by atoms with Crippen molar-refractivity contribution >= 4 is 39.1 Å². The first-order chi connectivity index (χ1) is 13.9. The third-order valence-corrected chi connectivity index (χ3v) is 6.19. The molecule has 2 heterocycles. The number of likely N-dealkylation sites (tertiary alicyclic amines) is 1. The monoisotopic (exact) mass is 457 g/mol. The van der Waals surface area contributed by atoms with Gasteiger partial charge in [0.2, 0.25) is 5.91 Å². The SMILES string of the molecule is O=C(c1ccc(Br)cc1)N1CCC(C(=O)N2CCc3ccc([N+](=O)[O-])cc32)CC1. The summed E-state index contributed by atoms with van der Waals surface area (Å²) in [5.41, 5.74) is 2.25. The number of anilines is 1. The smallest absolute Gasteiger partial charge is 0.271 e. The quantitative estimate of drug-likeness (QED) is 0.518. The van der Waals surface area contributed by atoms with Gasteiger partial charge >= 0.3 is 0 Å². The van der Waals surface area contributed by atoms with E-state index in [2.05, 4.69) is 15.9 Å². The Balaban J connectivity index is 1.41. The molecule has 2 aliphatic heterocycles. The van der Waals surface area contributed by atoms with Crippen molar-refractivity contribution in [3.8, 4) is 0 Å². The molecule has 0 N–H and O–H groups in total. The number of nitrogens with zero attached hydrogens (tertiary/aromatic N) is 3. The van der Waals surface area contributed by atoms with Crippen molar-refractivity contribution in [2.24, 2.45) is 5.92 Å². The third-order valence-electron chi connectivity index (χ3n) is 5.66. The zero-order chi connectivity index (χ0) is 20.5. The average Bonchev–Trinajstić information content (AvgIpc) is 3.16. The van der Waals surface area contributed by atoms with E-state index in [9.17, 15) is 19.7 Å². The van der Waals surface area contributed by atoms with Gasteiger partial charge in [-0.25, -0.2) is 0 Å². The number of fused-ring (bicyclic) bond motifs is 1. The summed E-state index contributed by atoms with van der Waals surface area (Å²) in [6, 6.07) is 12.0. The van der Waals surface area contributed by atoms with Gasteiger partial charge in [-0.2, -0.15) is 0 Å². The first-order valence-corrected chi connectivity index (χ1v) is 10.4. The fourth-order valence-corrected chi connectivity index (χ4v) is 4.30. The van der Waals surface area contributed by atoms with Gasteiger partial charge in [0.1, 0.15) is 0 Å². The number of non-ortho nitro benzene ring substituents is 1. The number of benzene rings is 2. The number of piperidine rings is 1. The standard InChI is InChI=1S/C21H20BrN3O4/c22-17-4-1-15(2-5-17)20(26)23-10-7-16(8-11-23)21(27)24-12-9-14-3-6-18(25(28)29)13-19(14)24/h1-6,13,16H,7-12H2. The largest absolute Gasteiger partial charge is 0.339 e. The predicted molar refractivity (Wildman–Crippen MR) is 112 cm³/mol. The molecule has 2 aromatic rings. The summed E-state index contributed by atoms with van der Waals surface area (Å²) >= 11 is 3.37. The van der Waals surface area contributed by atoms with Gasteiger partial charge < -0.3 is 9.80 Å². The highest BCUT2D eigenvalue weighted by molar-refractivity contribution is 9.10. The third kappa shape index (κ3) is 3.89. The van der Waals surface area contributed by atoms with E-state index in [1.54, 1.807) is 28.0 Å². The van der Waals surface area contributed by atoms with Gasteiger partial charge in [-0.05, 0) is 49.1 Å². The predicted octanol–water partition coefficient (Wildman–Crippen LogP) is 3.80. The van der Waals surface area contributed by atoms with Gasteiger partial charge in [0.15, 0.2) is 0 Å². The normalized spacial score (nSPS) is 16.6. The Morgan fingerprint density at radius 1 is 1.03 bits per heavy atom. The molecule has 2 aliphatic rings. The second-order valence-corrected chi connectivity index (χ2v) is 8.30. The Labute approximate surface area is 176 Å². The van der Waals surface area contributed by atoms with Crippen LogP contribution in [-0.2, 0) is 11.2 Å². The average molecular weight is 458 g/mol. The van der Waals surface area contributed by atoms with Crippen LogP contribution < -0.4 is 4.90 Å². The topological polar surface area (TPSA) is 83.8 Å². The number of carbonyl (C=O) groups is 2. The van der Waals surface area contributed by atoms with Crippen molar-refractivity contribution in [1.82, 2.24) is 4.90 Å². The molecule has 1 saturated heterocycles. The Bertz CT molecular complexity index is 968. The van der Waals surface area contributed by atoms with E-state index in [-0.39, 0.29) is 23.4 Å². The molecule has 2 aromatic carbocycles. The van der Waals surface area contributed by atoms with Gasteiger partial charge in [0, 0.05) is 47.7 Å². The summed E-state index contributed by atoms with van der Waals surface area (Å²) in [4.78, 5) is 39.8. The van der Waals surface area contributed by atoms with Crippen LogP contribution in [0, 0.1) is 16.0 Å². The molecule has 0 bridgehead atoms. The molecule has 0 aliphatic carbocycles. The number of carbonyl (C=O) groups excluding carboxylic acids is 2. The zero-order valence-electron chi connectivity index (χ0n) is 15.7. The molecule has 150 valence electrons. The molecule has 1 fully saturated rings. The van der Waals surface area contributed by atoms with Gasteiger partial charge in [-0.3, -0.25) is 19.7 Å². The van der Waals surface area contributed by atoms with Crippen molar-refractivity contribution in [2.45, 2.75) is 19.3 Å². The maximum absolute atomic E-state index is 13.1. The highest BCUT2D eigenvalue weighted by atomic mass is 79.9. The van der Waals surface area contributed by atoms with Crippen LogP contribution in [0.2, 0.25) is 0 Å². The molecule has 2 amide bonds. The minimum Gasteiger partial charge on any atom is -0.339 e. The summed E-state index contributed by atoms with van der Waals surface area (Å²) in [6.07, 6.45) is 1.91. The Morgan fingerprint density at radius 3 is 2.38 bits per heavy atom. The molecule has 0 aromatic heterocycles. The van der Waals surface area contributed by atoms with Crippen LogP contribution >= 0.6 is 15.9 Å². The van der Waals surface area contributed by atoms with E-state index < -0.39 is 4.92 Å². The number of amides is 2. The molecule has 0 spiro atoms. The lowest BCUT2D eigenvalue weighted by molar-refractivity contribution is -0.384. The molecule has 0 unspecified atom stereocenters. The van der Waals surface area contributed by atoms with Crippen LogP contribution in [0.3, 0.4) is 0 Å². The van der Waals surface area contributed by atoms with Gasteiger partial charge in [-0.1, -0.05) is 22.0 Å². The summed E-state index contributed by atoms with van der Waals surface area (Å²) in [7, 11) is 0. The first-order valence-electron chi connectivity index (χ1n) is 9.57. The zero-order valence-corrected chi connectivity index (χ0v) is 17.3. The number of hydrogen-bond acceptors (Lipinski definition) is 4. The molecule has 4 rings (SSSR count).